The highest BCUT2D eigenvalue weighted by Gasteiger charge is 2.09. The number of nitrogens with zero attached hydrogens (tertiary/aromatic N) is 2. The molecule has 0 amide bonds. The molecule has 0 saturated heterocycles. The van der Waals surface area contributed by atoms with E-state index >= 15 is 0 Å². The van der Waals surface area contributed by atoms with Crippen molar-refractivity contribution in [1.29, 1.82) is 0 Å². The van der Waals surface area contributed by atoms with Gasteiger partial charge in [0.25, 0.3) is 0 Å². The maximum absolute atomic E-state index is 4.02. The topological polar surface area (TPSA) is 17.8 Å². The predicted molar refractivity (Wildman–Crippen MR) is 50.8 cm³/mol. The van der Waals surface area contributed by atoms with Crippen molar-refractivity contribution in [2.75, 3.05) is 0 Å². The van der Waals surface area contributed by atoms with Gasteiger partial charge in [0.1, 0.15) is 0 Å². The highest BCUT2D eigenvalue weighted by molar-refractivity contribution is 4.75. The molecule has 2 nitrogen and oxygen atoms in total. The van der Waals surface area contributed by atoms with Gasteiger partial charge in [0.05, 0.1) is 6.33 Å². The summed E-state index contributed by atoms with van der Waals surface area (Å²) in [6.45, 7) is 7.94. The zero-order chi connectivity index (χ0) is 8.97. The first kappa shape index (κ1) is 9.30. The summed E-state index contributed by atoms with van der Waals surface area (Å²) in [5, 5.41) is 0. The molecule has 0 saturated carbocycles. The lowest BCUT2D eigenvalue weighted by Crippen LogP contribution is -2.13. The van der Waals surface area contributed by atoms with Crippen molar-refractivity contribution >= 4 is 0 Å². The number of hydrogen-bond acceptors (Lipinski definition) is 1. The molecule has 0 bridgehead atoms. The largest absolute Gasteiger partial charge is 0.337 e. The summed E-state index contributed by atoms with van der Waals surface area (Å²) in [6.07, 6.45) is 7.01. The SMILES string of the molecule is CCC(C)C(C)Cn1ccnc1. The minimum atomic E-state index is 0.740. The van der Waals surface area contributed by atoms with Crippen LogP contribution < -0.4 is 0 Å². The lowest BCUT2D eigenvalue weighted by atomic mass is 9.94. The Balaban J connectivity index is 2.41. The van der Waals surface area contributed by atoms with Gasteiger partial charge in [-0.25, -0.2) is 4.98 Å². The Morgan fingerprint density at radius 2 is 2.08 bits per heavy atom. The van der Waals surface area contributed by atoms with Crippen LogP contribution in [0.3, 0.4) is 0 Å². The van der Waals surface area contributed by atoms with Crippen LogP contribution in [0.4, 0.5) is 0 Å². The Kier molecular flexibility index (Phi) is 3.32. The zero-order valence-electron chi connectivity index (χ0n) is 8.20. The van der Waals surface area contributed by atoms with Gasteiger partial charge >= 0.3 is 0 Å². The van der Waals surface area contributed by atoms with E-state index in [-0.39, 0.29) is 0 Å². The van der Waals surface area contributed by atoms with Crippen LogP contribution in [0.5, 0.6) is 0 Å². The Hall–Kier alpha value is -0.790. The molecule has 1 heterocycles. The van der Waals surface area contributed by atoms with E-state index in [1.54, 1.807) is 0 Å². The van der Waals surface area contributed by atoms with Crippen LogP contribution in [0.1, 0.15) is 27.2 Å². The quantitative estimate of drug-likeness (QED) is 0.672. The van der Waals surface area contributed by atoms with Crippen LogP contribution in [-0.4, -0.2) is 9.55 Å². The summed E-state index contributed by atoms with van der Waals surface area (Å²) in [5.74, 6) is 1.54. The molecule has 1 aromatic heterocycles. The van der Waals surface area contributed by atoms with Gasteiger partial charge < -0.3 is 4.57 Å². The van der Waals surface area contributed by atoms with E-state index in [0.717, 1.165) is 18.4 Å². The monoisotopic (exact) mass is 166 g/mol. The predicted octanol–water partition coefficient (Wildman–Crippen LogP) is 2.57. The molecule has 0 N–H and O–H groups in total. The molecular formula is C10H18N2. The van der Waals surface area contributed by atoms with Gasteiger partial charge in [0, 0.05) is 18.9 Å². The first-order valence-corrected chi connectivity index (χ1v) is 4.69. The number of hydrogen-bond donors (Lipinski definition) is 0. The Morgan fingerprint density at radius 3 is 2.58 bits per heavy atom. The molecule has 1 rings (SSSR count). The fourth-order valence-corrected chi connectivity index (χ4v) is 1.31. The van der Waals surface area contributed by atoms with E-state index in [4.69, 9.17) is 0 Å². The van der Waals surface area contributed by atoms with Crippen molar-refractivity contribution in [3.63, 3.8) is 0 Å². The molecule has 2 heteroatoms. The highest BCUT2D eigenvalue weighted by Crippen LogP contribution is 2.15. The smallest absolute Gasteiger partial charge is 0.0945 e. The number of rotatable bonds is 4. The third-order valence-electron chi connectivity index (χ3n) is 2.67. The third-order valence-corrected chi connectivity index (χ3v) is 2.67. The zero-order valence-corrected chi connectivity index (χ0v) is 8.20. The average molecular weight is 166 g/mol. The molecule has 2 unspecified atom stereocenters. The lowest BCUT2D eigenvalue weighted by molar-refractivity contribution is 0.333. The van der Waals surface area contributed by atoms with Crippen molar-refractivity contribution in [3.8, 4) is 0 Å². The van der Waals surface area contributed by atoms with Gasteiger partial charge in [0.15, 0.2) is 0 Å². The average Bonchev–Trinajstić information content (AvgIpc) is 2.55. The normalized spacial score (nSPS) is 15.9. The highest BCUT2D eigenvalue weighted by atomic mass is 15.0. The molecule has 2 atom stereocenters. The molecule has 0 aromatic carbocycles. The van der Waals surface area contributed by atoms with Crippen LogP contribution >= 0.6 is 0 Å². The van der Waals surface area contributed by atoms with E-state index in [1.807, 2.05) is 18.7 Å². The van der Waals surface area contributed by atoms with Crippen molar-refractivity contribution in [2.24, 2.45) is 11.8 Å². The van der Waals surface area contributed by atoms with Gasteiger partial charge in [-0.1, -0.05) is 27.2 Å². The van der Waals surface area contributed by atoms with Gasteiger partial charge in [-0.2, -0.15) is 0 Å². The maximum Gasteiger partial charge on any atom is 0.0945 e. The van der Waals surface area contributed by atoms with Crippen molar-refractivity contribution in [1.82, 2.24) is 9.55 Å². The number of aromatic nitrogens is 2. The summed E-state index contributed by atoms with van der Waals surface area (Å²) >= 11 is 0. The van der Waals surface area contributed by atoms with Gasteiger partial charge in [-0.15, -0.1) is 0 Å². The Bertz CT molecular complexity index is 204. The molecule has 0 spiro atoms. The summed E-state index contributed by atoms with van der Waals surface area (Å²) in [4.78, 5) is 4.02. The number of imidazole rings is 1. The molecule has 12 heavy (non-hydrogen) atoms. The first-order chi connectivity index (χ1) is 5.74. The van der Waals surface area contributed by atoms with Crippen LogP contribution in [0, 0.1) is 11.8 Å². The van der Waals surface area contributed by atoms with E-state index in [0.29, 0.717) is 0 Å². The van der Waals surface area contributed by atoms with Crippen molar-refractivity contribution in [2.45, 2.75) is 33.7 Å². The summed E-state index contributed by atoms with van der Waals surface area (Å²) < 4.78 is 2.15. The maximum atomic E-state index is 4.02. The van der Waals surface area contributed by atoms with E-state index < -0.39 is 0 Å². The van der Waals surface area contributed by atoms with E-state index in [9.17, 15) is 0 Å². The molecule has 0 radical (unpaired) electrons. The minimum Gasteiger partial charge on any atom is -0.337 e. The van der Waals surface area contributed by atoms with Crippen LogP contribution in [0.2, 0.25) is 0 Å². The van der Waals surface area contributed by atoms with Crippen LogP contribution in [0.25, 0.3) is 0 Å². The molecular weight excluding hydrogens is 148 g/mol. The lowest BCUT2D eigenvalue weighted by Gasteiger charge is -2.18. The fourth-order valence-electron chi connectivity index (χ4n) is 1.31. The standard InChI is InChI=1S/C10H18N2/c1-4-9(2)10(3)7-12-6-5-11-8-12/h5-6,8-10H,4,7H2,1-3H3. The van der Waals surface area contributed by atoms with Crippen LogP contribution in [-0.2, 0) is 6.54 Å². The molecule has 1 aromatic rings. The second kappa shape index (κ2) is 4.29. The van der Waals surface area contributed by atoms with Gasteiger partial charge in [0.2, 0.25) is 0 Å². The van der Waals surface area contributed by atoms with Gasteiger partial charge in [-0.3, -0.25) is 0 Å². The minimum absolute atomic E-state index is 0.740. The second-order valence-electron chi connectivity index (χ2n) is 3.62. The summed E-state index contributed by atoms with van der Waals surface area (Å²) in [6, 6.07) is 0. The molecule has 0 aliphatic carbocycles. The third kappa shape index (κ3) is 2.36. The van der Waals surface area contributed by atoms with Crippen molar-refractivity contribution < 1.29 is 0 Å². The van der Waals surface area contributed by atoms with Crippen LogP contribution in [0.15, 0.2) is 18.7 Å². The summed E-state index contributed by atoms with van der Waals surface area (Å²) in [5.41, 5.74) is 0. The Morgan fingerprint density at radius 1 is 1.33 bits per heavy atom. The molecule has 68 valence electrons. The first-order valence-electron chi connectivity index (χ1n) is 4.69. The van der Waals surface area contributed by atoms with Gasteiger partial charge in [-0.05, 0) is 11.8 Å². The Labute approximate surface area is 74.6 Å². The molecule has 0 fully saturated rings. The second-order valence-corrected chi connectivity index (χ2v) is 3.62. The van der Waals surface area contributed by atoms with E-state index in [1.165, 1.54) is 6.42 Å². The summed E-state index contributed by atoms with van der Waals surface area (Å²) in [7, 11) is 0. The molecule has 0 aliphatic rings. The van der Waals surface area contributed by atoms with E-state index in [2.05, 4.69) is 30.3 Å². The van der Waals surface area contributed by atoms with Crippen molar-refractivity contribution in [3.05, 3.63) is 18.7 Å². The fraction of sp³-hybridized carbons (Fsp3) is 0.700. The molecule has 0 aliphatic heterocycles.